The van der Waals surface area contributed by atoms with Crippen molar-refractivity contribution < 1.29 is 22.3 Å². The predicted octanol–water partition coefficient (Wildman–Crippen LogP) is 4.06. The minimum atomic E-state index is -4.51. The fourth-order valence-corrected chi connectivity index (χ4v) is 3.80. The van der Waals surface area contributed by atoms with Crippen molar-refractivity contribution in [2.45, 2.75) is 25.4 Å². The van der Waals surface area contributed by atoms with Crippen LogP contribution < -0.4 is 4.74 Å². The van der Waals surface area contributed by atoms with E-state index in [1.807, 2.05) is 0 Å². The largest absolute Gasteiger partial charge is 0.493 e. The van der Waals surface area contributed by atoms with E-state index in [1.165, 1.54) is 24.7 Å². The van der Waals surface area contributed by atoms with E-state index in [9.17, 15) is 17.6 Å². The fourth-order valence-electron chi connectivity index (χ4n) is 3.80. The van der Waals surface area contributed by atoms with Crippen molar-refractivity contribution in [1.29, 1.82) is 0 Å². The number of pyridine rings is 1. The molecule has 5 rings (SSSR count). The number of ether oxygens (including phenoxy) is 1. The molecule has 4 heterocycles. The average Bonchev–Trinajstić information content (AvgIpc) is 3.42. The Bertz CT molecular complexity index is 1270. The standard InChI is InChI=1S/C21H15F4N5O/c22-16-3-4-17-14(7-8-31-17)13(16)2-6-19-27-10-15(20-29-28-11-30(19)20)12-1-5-18(26-9-12)21(23,24)25/h1,3-5,9-11H,2,6-8H2. The zero-order valence-electron chi connectivity index (χ0n) is 16.0. The lowest BCUT2D eigenvalue weighted by Crippen LogP contribution is -2.08. The van der Waals surface area contributed by atoms with Crippen LogP contribution in [0.5, 0.6) is 5.75 Å². The van der Waals surface area contributed by atoms with Crippen LogP contribution in [0.3, 0.4) is 0 Å². The molecule has 0 spiro atoms. The molecule has 0 saturated heterocycles. The van der Waals surface area contributed by atoms with Crippen LogP contribution in [-0.4, -0.2) is 31.2 Å². The molecular weight excluding hydrogens is 414 g/mol. The first kappa shape index (κ1) is 19.4. The first-order valence-corrected chi connectivity index (χ1v) is 9.56. The van der Waals surface area contributed by atoms with Crippen molar-refractivity contribution in [2.24, 2.45) is 0 Å². The Morgan fingerprint density at radius 3 is 2.68 bits per heavy atom. The number of hydrogen-bond acceptors (Lipinski definition) is 5. The summed E-state index contributed by atoms with van der Waals surface area (Å²) in [4.78, 5) is 7.94. The van der Waals surface area contributed by atoms with Crippen LogP contribution in [0.15, 0.2) is 43.0 Å². The maximum Gasteiger partial charge on any atom is 0.433 e. The quantitative estimate of drug-likeness (QED) is 0.458. The first-order chi connectivity index (χ1) is 14.9. The second-order valence-corrected chi connectivity index (χ2v) is 7.14. The van der Waals surface area contributed by atoms with Gasteiger partial charge in [0.25, 0.3) is 0 Å². The molecular formula is C21H15F4N5O. The van der Waals surface area contributed by atoms with Crippen LogP contribution in [0.25, 0.3) is 16.8 Å². The lowest BCUT2D eigenvalue weighted by Gasteiger charge is -2.11. The molecule has 0 unspecified atom stereocenters. The zero-order valence-corrected chi connectivity index (χ0v) is 16.0. The molecule has 1 aliphatic rings. The Morgan fingerprint density at radius 2 is 1.90 bits per heavy atom. The van der Waals surface area contributed by atoms with E-state index in [2.05, 4.69) is 20.2 Å². The summed E-state index contributed by atoms with van der Waals surface area (Å²) in [5.41, 5.74) is 1.90. The number of aryl methyl sites for hydroxylation is 1. The van der Waals surface area contributed by atoms with Crippen molar-refractivity contribution in [3.05, 3.63) is 71.4 Å². The number of hydrogen-bond donors (Lipinski definition) is 0. The van der Waals surface area contributed by atoms with Crippen LogP contribution in [0.4, 0.5) is 17.6 Å². The second-order valence-electron chi connectivity index (χ2n) is 7.14. The molecule has 0 N–H and O–H groups in total. The van der Waals surface area contributed by atoms with Crippen LogP contribution >= 0.6 is 0 Å². The van der Waals surface area contributed by atoms with E-state index in [4.69, 9.17) is 4.74 Å². The molecule has 0 bridgehead atoms. The Kier molecular flexibility index (Phi) is 4.57. The molecule has 0 saturated carbocycles. The molecule has 0 aliphatic carbocycles. The third-order valence-corrected chi connectivity index (χ3v) is 5.31. The lowest BCUT2D eigenvalue weighted by molar-refractivity contribution is -0.141. The highest BCUT2D eigenvalue weighted by Gasteiger charge is 2.32. The molecule has 6 nitrogen and oxygen atoms in total. The molecule has 1 aliphatic heterocycles. The van der Waals surface area contributed by atoms with Gasteiger partial charge in [-0.3, -0.25) is 9.38 Å². The van der Waals surface area contributed by atoms with Gasteiger partial charge in [0.15, 0.2) is 5.65 Å². The van der Waals surface area contributed by atoms with Crippen molar-refractivity contribution in [3.63, 3.8) is 0 Å². The molecule has 3 aromatic heterocycles. The molecule has 0 fully saturated rings. The van der Waals surface area contributed by atoms with Gasteiger partial charge in [-0.25, -0.2) is 9.37 Å². The van der Waals surface area contributed by atoms with Gasteiger partial charge in [-0.2, -0.15) is 13.2 Å². The molecule has 158 valence electrons. The van der Waals surface area contributed by atoms with Crippen molar-refractivity contribution in [3.8, 4) is 16.9 Å². The van der Waals surface area contributed by atoms with E-state index >= 15 is 0 Å². The fraction of sp³-hybridized carbons (Fsp3) is 0.238. The summed E-state index contributed by atoms with van der Waals surface area (Å²) < 4.78 is 59.9. The number of nitrogens with zero attached hydrogens (tertiary/aromatic N) is 5. The summed E-state index contributed by atoms with van der Waals surface area (Å²) in [6.07, 6.45) is 1.14. The molecule has 0 radical (unpaired) electrons. The Hall–Kier alpha value is -3.56. The second kappa shape index (κ2) is 7.29. The summed E-state index contributed by atoms with van der Waals surface area (Å²) >= 11 is 0. The summed E-state index contributed by atoms with van der Waals surface area (Å²) in [6.45, 7) is 0.537. The van der Waals surface area contributed by atoms with Gasteiger partial charge in [-0.1, -0.05) is 6.07 Å². The third kappa shape index (κ3) is 3.47. The van der Waals surface area contributed by atoms with Crippen molar-refractivity contribution in [2.75, 3.05) is 6.61 Å². The third-order valence-electron chi connectivity index (χ3n) is 5.31. The Balaban J connectivity index is 1.45. The number of alkyl halides is 3. The van der Waals surface area contributed by atoms with E-state index in [-0.39, 0.29) is 5.82 Å². The SMILES string of the molecule is Fc1ccc2c(c1CCc1ncc(-c3ccc(C(F)(F)F)nc3)c3nncn13)CCO2. The highest BCUT2D eigenvalue weighted by atomic mass is 19.4. The topological polar surface area (TPSA) is 65.2 Å². The van der Waals surface area contributed by atoms with E-state index in [1.54, 1.807) is 10.5 Å². The van der Waals surface area contributed by atoms with Gasteiger partial charge in [0, 0.05) is 41.9 Å². The van der Waals surface area contributed by atoms with Gasteiger partial charge in [-0.05, 0) is 30.2 Å². The molecule has 31 heavy (non-hydrogen) atoms. The summed E-state index contributed by atoms with van der Waals surface area (Å²) in [5, 5.41) is 8.00. The maximum absolute atomic E-state index is 14.4. The number of rotatable bonds is 4. The number of halogens is 4. The summed E-state index contributed by atoms with van der Waals surface area (Å²) in [5.74, 6) is 1.04. The molecule has 10 heteroatoms. The zero-order chi connectivity index (χ0) is 21.6. The predicted molar refractivity (Wildman–Crippen MR) is 102 cm³/mol. The number of aromatic nitrogens is 5. The van der Waals surface area contributed by atoms with Crippen LogP contribution in [-0.2, 0) is 25.4 Å². The maximum atomic E-state index is 14.4. The van der Waals surface area contributed by atoms with Gasteiger partial charge in [0.2, 0.25) is 0 Å². The first-order valence-electron chi connectivity index (χ1n) is 9.56. The van der Waals surface area contributed by atoms with Crippen LogP contribution in [0.2, 0.25) is 0 Å². The van der Waals surface area contributed by atoms with Crippen molar-refractivity contribution >= 4 is 5.65 Å². The molecule has 1 aromatic carbocycles. The minimum Gasteiger partial charge on any atom is -0.493 e. The lowest BCUT2D eigenvalue weighted by atomic mass is 10.00. The van der Waals surface area contributed by atoms with E-state index in [0.29, 0.717) is 59.8 Å². The van der Waals surface area contributed by atoms with Gasteiger partial charge in [0.1, 0.15) is 29.4 Å². The van der Waals surface area contributed by atoms with Gasteiger partial charge < -0.3 is 4.74 Å². The molecule has 0 atom stereocenters. The number of benzene rings is 1. The van der Waals surface area contributed by atoms with E-state index < -0.39 is 11.9 Å². The number of fused-ring (bicyclic) bond motifs is 2. The Labute approximate surface area is 173 Å². The van der Waals surface area contributed by atoms with Gasteiger partial charge >= 0.3 is 6.18 Å². The van der Waals surface area contributed by atoms with Crippen LogP contribution in [0.1, 0.15) is 22.6 Å². The monoisotopic (exact) mass is 429 g/mol. The average molecular weight is 429 g/mol. The van der Waals surface area contributed by atoms with Crippen molar-refractivity contribution in [1.82, 2.24) is 24.6 Å². The van der Waals surface area contributed by atoms with Crippen LogP contribution in [0, 0.1) is 5.82 Å². The highest BCUT2D eigenvalue weighted by Crippen LogP contribution is 2.32. The van der Waals surface area contributed by atoms with E-state index in [0.717, 1.165) is 17.8 Å². The highest BCUT2D eigenvalue weighted by molar-refractivity contribution is 5.76. The summed E-state index contributed by atoms with van der Waals surface area (Å²) in [7, 11) is 0. The Morgan fingerprint density at radius 1 is 1.03 bits per heavy atom. The molecule has 4 aromatic rings. The molecule has 0 amide bonds. The smallest absolute Gasteiger partial charge is 0.433 e. The normalized spacial score (nSPS) is 13.4. The summed E-state index contributed by atoms with van der Waals surface area (Å²) in [6, 6.07) is 5.28. The van der Waals surface area contributed by atoms with Gasteiger partial charge in [-0.15, -0.1) is 10.2 Å². The minimum absolute atomic E-state index is 0.281. The van der Waals surface area contributed by atoms with Gasteiger partial charge in [0.05, 0.1) is 6.61 Å².